The number of rotatable bonds is 11. The molecule has 7 nitrogen and oxygen atoms in total. The fourth-order valence-corrected chi connectivity index (χ4v) is 4.65. The predicted octanol–water partition coefficient (Wildman–Crippen LogP) is 1.59. The monoisotopic (exact) mass is 388 g/mol. The van der Waals surface area contributed by atoms with Crippen molar-refractivity contribution in [3.8, 4) is 0 Å². The van der Waals surface area contributed by atoms with Crippen LogP contribution < -0.4 is 16.0 Å². The van der Waals surface area contributed by atoms with Crippen molar-refractivity contribution >= 4 is 21.7 Å². The number of unbranched alkanes of at least 4 members (excludes halogenated alkanes) is 3. The molecule has 0 aromatic carbocycles. The Morgan fingerprint density at radius 3 is 2.62 bits per heavy atom. The summed E-state index contributed by atoms with van der Waals surface area (Å²) in [6.07, 6.45) is 6.84. The molecule has 2 unspecified atom stereocenters. The Labute approximate surface area is 158 Å². The van der Waals surface area contributed by atoms with Crippen LogP contribution in [-0.2, 0) is 14.6 Å². The minimum atomic E-state index is -2.97. The van der Waals surface area contributed by atoms with Gasteiger partial charge in [-0.3, -0.25) is 9.79 Å². The molecule has 26 heavy (non-hydrogen) atoms. The zero-order valence-corrected chi connectivity index (χ0v) is 17.3. The standard InChI is InChI=1S/C18H36N4O3S/c1-4-6-7-8-9-15(3)21-18(19-5-2)20-12-10-17(23)22-16-11-13-26(24,25)14-16/h15-16H,4-14H2,1-3H3,(H,22,23)(H2,19,20,21). The van der Waals surface area contributed by atoms with Gasteiger partial charge in [0.1, 0.15) is 0 Å². The van der Waals surface area contributed by atoms with Gasteiger partial charge in [0.15, 0.2) is 15.8 Å². The second-order valence-electron chi connectivity index (χ2n) is 7.07. The molecule has 1 saturated heterocycles. The van der Waals surface area contributed by atoms with Crippen molar-refractivity contribution < 1.29 is 13.2 Å². The highest BCUT2D eigenvalue weighted by Gasteiger charge is 2.28. The summed E-state index contributed by atoms with van der Waals surface area (Å²) in [5.41, 5.74) is 0. The van der Waals surface area contributed by atoms with Gasteiger partial charge in [-0.15, -0.1) is 0 Å². The number of carbonyl (C=O) groups is 1. The van der Waals surface area contributed by atoms with Crippen molar-refractivity contribution in [3.05, 3.63) is 0 Å². The summed E-state index contributed by atoms with van der Waals surface area (Å²) < 4.78 is 22.8. The van der Waals surface area contributed by atoms with Crippen LogP contribution in [0.25, 0.3) is 0 Å². The number of guanidine groups is 1. The molecule has 0 aromatic rings. The SMILES string of the molecule is CCCCCCC(C)NC(=NCCC(=O)NC1CCS(=O)(=O)C1)NCC. The highest BCUT2D eigenvalue weighted by atomic mass is 32.2. The highest BCUT2D eigenvalue weighted by molar-refractivity contribution is 7.91. The van der Waals surface area contributed by atoms with Crippen LogP contribution in [0.5, 0.6) is 0 Å². The molecule has 1 amide bonds. The summed E-state index contributed by atoms with van der Waals surface area (Å²) >= 11 is 0. The minimum Gasteiger partial charge on any atom is -0.357 e. The van der Waals surface area contributed by atoms with Gasteiger partial charge in [-0.1, -0.05) is 32.6 Å². The van der Waals surface area contributed by atoms with E-state index < -0.39 is 9.84 Å². The van der Waals surface area contributed by atoms with Crippen LogP contribution >= 0.6 is 0 Å². The van der Waals surface area contributed by atoms with Gasteiger partial charge in [0.2, 0.25) is 5.91 Å². The molecule has 152 valence electrons. The number of nitrogens with one attached hydrogen (secondary N) is 3. The van der Waals surface area contributed by atoms with Crippen LogP contribution in [0.4, 0.5) is 0 Å². The van der Waals surface area contributed by atoms with Gasteiger partial charge in [-0.05, 0) is 26.7 Å². The molecule has 0 aromatic heterocycles. The average Bonchev–Trinajstić information content (AvgIpc) is 2.90. The lowest BCUT2D eigenvalue weighted by atomic mass is 10.1. The van der Waals surface area contributed by atoms with Gasteiger partial charge in [0.05, 0.1) is 18.1 Å². The van der Waals surface area contributed by atoms with Gasteiger partial charge < -0.3 is 16.0 Å². The first kappa shape index (κ1) is 22.7. The molecule has 0 aliphatic carbocycles. The first-order valence-electron chi connectivity index (χ1n) is 9.91. The normalized spacial score (nSPS) is 20.6. The molecule has 0 radical (unpaired) electrons. The summed E-state index contributed by atoms with van der Waals surface area (Å²) in [6.45, 7) is 7.51. The van der Waals surface area contributed by atoms with E-state index in [2.05, 4.69) is 34.8 Å². The lowest BCUT2D eigenvalue weighted by molar-refractivity contribution is -0.121. The van der Waals surface area contributed by atoms with E-state index >= 15 is 0 Å². The van der Waals surface area contributed by atoms with Crippen molar-refractivity contribution in [2.45, 2.75) is 77.8 Å². The van der Waals surface area contributed by atoms with Crippen LogP contribution in [-0.4, -0.2) is 57.0 Å². The highest BCUT2D eigenvalue weighted by Crippen LogP contribution is 2.11. The van der Waals surface area contributed by atoms with E-state index in [4.69, 9.17) is 0 Å². The predicted molar refractivity (Wildman–Crippen MR) is 107 cm³/mol. The number of amides is 1. The molecule has 8 heteroatoms. The zero-order valence-electron chi connectivity index (χ0n) is 16.5. The fraction of sp³-hybridized carbons (Fsp3) is 0.889. The lowest BCUT2D eigenvalue weighted by Gasteiger charge is -2.18. The minimum absolute atomic E-state index is 0.0573. The maximum Gasteiger partial charge on any atom is 0.222 e. The molecule has 0 bridgehead atoms. The molecule has 0 spiro atoms. The average molecular weight is 389 g/mol. The number of hydrogen-bond donors (Lipinski definition) is 3. The molecular formula is C18H36N4O3S. The largest absolute Gasteiger partial charge is 0.357 e. The Balaban J connectivity index is 2.32. The van der Waals surface area contributed by atoms with Crippen LogP contribution in [0.2, 0.25) is 0 Å². The molecule has 1 aliphatic heterocycles. The summed E-state index contributed by atoms with van der Waals surface area (Å²) in [6, 6.07) is 0.0909. The maximum atomic E-state index is 12.0. The van der Waals surface area contributed by atoms with E-state index in [0.717, 1.165) is 18.9 Å². The van der Waals surface area contributed by atoms with Gasteiger partial charge in [0, 0.05) is 25.0 Å². The summed E-state index contributed by atoms with van der Waals surface area (Å²) in [5.74, 6) is 0.814. The summed E-state index contributed by atoms with van der Waals surface area (Å²) in [5, 5.41) is 9.37. The third-order valence-corrected chi connectivity index (χ3v) is 6.19. The molecule has 2 atom stereocenters. The topological polar surface area (TPSA) is 99.7 Å². The van der Waals surface area contributed by atoms with Crippen molar-refractivity contribution in [1.82, 2.24) is 16.0 Å². The molecule has 0 saturated carbocycles. The van der Waals surface area contributed by atoms with E-state index in [1.165, 1.54) is 25.7 Å². The first-order valence-corrected chi connectivity index (χ1v) is 11.7. The third-order valence-electron chi connectivity index (χ3n) is 4.42. The molecule has 1 fully saturated rings. The fourth-order valence-electron chi connectivity index (χ4n) is 2.98. The number of sulfone groups is 1. The first-order chi connectivity index (χ1) is 12.4. The van der Waals surface area contributed by atoms with Gasteiger partial charge in [-0.2, -0.15) is 0 Å². The zero-order chi connectivity index (χ0) is 19.4. The summed E-state index contributed by atoms with van der Waals surface area (Å²) in [4.78, 5) is 16.4. The van der Waals surface area contributed by atoms with E-state index in [1.807, 2.05) is 6.92 Å². The van der Waals surface area contributed by atoms with Crippen LogP contribution in [0.3, 0.4) is 0 Å². The van der Waals surface area contributed by atoms with E-state index in [0.29, 0.717) is 19.0 Å². The van der Waals surface area contributed by atoms with E-state index in [9.17, 15) is 13.2 Å². The number of carbonyl (C=O) groups excluding carboxylic acids is 1. The molecule has 1 aliphatic rings. The van der Waals surface area contributed by atoms with Crippen LogP contribution in [0.15, 0.2) is 4.99 Å². The number of nitrogens with zero attached hydrogens (tertiary/aromatic N) is 1. The van der Waals surface area contributed by atoms with Crippen molar-refractivity contribution in [2.24, 2.45) is 4.99 Å². The smallest absolute Gasteiger partial charge is 0.222 e. The van der Waals surface area contributed by atoms with Gasteiger partial charge >= 0.3 is 0 Å². The Bertz CT molecular complexity index is 549. The summed E-state index contributed by atoms with van der Waals surface area (Å²) in [7, 11) is -2.97. The number of aliphatic imine (C=N–C) groups is 1. The Morgan fingerprint density at radius 2 is 2.00 bits per heavy atom. The molecule has 1 rings (SSSR count). The Kier molecular flexibility index (Phi) is 10.6. The van der Waals surface area contributed by atoms with Crippen LogP contribution in [0.1, 0.15) is 65.7 Å². The van der Waals surface area contributed by atoms with E-state index in [1.54, 1.807) is 0 Å². The van der Waals surface area contributed by atoms with Gasteiger partial charge in [0.25, 0.3) is 0 Å². The Hall–Kier alpha value is -1.31. The van der Waals surface area contributed by atoms with Gasteiger partial charge in [-0.25, -0.2) is 8.42 Å². The lowest BCUT2D eigenvalue weighted by Crippen LogP contribution is -2.42. The second kappa shape index (κ2) is 12.1. The van der Waals surface area contributed by atoms with Crippen molar-refractivity contribution in [3.63, 3.8) is 0 Å². The third kappa shape index (κ3) is 9.99. The van der Waals surface area contributed by atoms with Crippen LogP contribution in [0, 0.1) is 0 Å². The Morgan fingerprint density at radius 1 is 1.23 bits per heavy atom. The molecular weight excluding hydrogens is 352 g/mol. The molecule has 1 heterocycles. The van der Waals surface area contributed by atoms with Crippen molar-refractivity contribution in [1.29, 1.82) is 0 Å². The second-order valence-corrected chi connectivity index (χ2v) is 9.30. The molecule has 3 N–H and O–H groups in total. The maximum absolute atomic E-state index is 12.0. The van der Waals surface area contributed by atoms with Crippen molar-refractivity contribution in [2.75, 3.05) is 24.6 Å². The quantitative estimate of drug-likeness (QED) is 0.284. The number of hydrogen-bond acceptors (Lipinski definition) is 4. The van der Waals surface area contributed by atoms with E-state index in [-0.39, 0.29) is 29.9 Å².